The maximum absolute atomic E-state index is 13.4. The average molecular weight is 249 g/mol. The molecule has 0 saturated heterocycles. The van der Waals surface area contributed by atoms with Gasteiger partial charge >= 0.3 is 0 Å². The van der Waals surface area contributed by atoms with Crippen molar-refractivity contribution in [3.05, 3.63) is 30.1 Å². The fraction of sp³-hybridized carbons (Fsp3) is 0.385. The summed E-state index contributed by atoms with van der Waals surface area (Å²) in [6.45, 7) is 3.67. The van der Waals surface area contributed by atoms with E-state index in [1.165, 1.54) is 12.1 Å². The standard InChI is InChI=1S/C13H16FN3O/c1-9(2)16-13(18)7-10(8-15)17-12-6-4-3-5-11(12)14/h3-6,9-10,17H,7H2,1-2H3,(H,16,18). The van der Waals surface area contributed by atoms with Gasteiger partial charge in [-0.15, -0.1) is 0 Å². The molecule has 0 bridgehead atoms. The Hall–Kier alpha value is -2.09. The first-order valence-electron chi connectivity index (χ1n) is 5.73. The number of carbonyl (C=O) groups is 1. The van der Waals surface area contributed by atoms with Crippen LogP contribution in [0, 0.1) is 17.1 Å². The molecule has 1 aromatic rings. The van der Waals surface area contributed by atoms with E-state index < -0.39 is 11.9 Å². The van der Waals surface area contributed by atoms with Gasteiger partial charge in [-0.1, -0.05) is 12.1 Å². The lowest BCUT2D eigenvalue weighted by molar-refractivity contribution is -0.121. The second-order valence-corrected chi connectivity index (χ2v) is 4.23. The van der Waals surface area contributed by atoms with Gasteiger partial charge in [-0.2, -0.15) is 5.26 Å². The molecule has 0 spiro atoms. The predicted octanol–water partition coefficient (Wildman–Crippen LogP) is 2.04. The van der Waals surface area contributed by atoms with E-state index in [0.717, 1.165) is 0 Å². The van der Waals surface area contributed by atoms with Gasteiger partial charge in [0.25, 0.3) is 0 Å². The van der Waals surface area contributed by atoms with Crippen LogP contribution in [-0.4, -0.2) is 18.0 Å². The summed E-state index contributed by atoms with van der Waals surface area (Å²) in [5.74, 6) is -0.678. The zero-order valence-corrected chi connectivity index (χ0v) is 10.4. The molecular formula is C13H16FN3O. The molecule has 1 rings (SSSR count). The first-order valence-corrected chi connectivity index (χ1v) is 5.73. The summed E-state index contributed by atoms with van der Waals surface area (Å²) in [6.07, 6.45) is -0.0109. The molecule has 0 aliphatic heterocycles. The van der Waals surface area contributed by atoms with Crippen molar-refractivity contribution < 1.29 is 9.18 Å². The van der Waals surface area contributed by atoms with Crippen molar-refractivity contribution in [1.29, 1.82) is 5.26 Å². The Labute approximate surface area is 106 Å². The highest BCUT2D eigenvalue weighted by molar-refractivity contribution is 5.77. The molecule has 0 radical (unpaired) electrons. The average Bonchev–Trinajstić information content (AvgIpc) is 2.30. The van der Waals surface area contributed by atoms with Crippen LogP contribution in [-0.2, 0) is 4.79 Å². The summed E-state index contributed by atoms with van der Waals surface area (Å²) in [6, 6.07) is 7.26. The maximum Gasteiger partial charge on any atom is 0.223 e. The van der Waals surface area contributed by atoms with Gasteiger partial charge in [0, 0.05) is 6.04 Å². The number of nitrogens with one attached hydrogen (secondary N) is 2. The Balaban J connectivity index is 2.61. The Morgan fingerprint density at radius 2 is 2.11 bits per heavy atom. The topological polar surface area (TPSA) is 64.9 Å². The van der Waals surface area contributed by atoms with Crippen LogP contribution >= 0.6 is 0 Å². The highest BCUT2D eigenvalue weighted by Crippen LogP contribution is 2.14. The minimum Gasteiger partial charge on any atom is -0.367 e. The van der Waals surface area contributed by atoms with Crippen molar-refractivity contribution in [1.82, 2.24) is 5.32 Å². The third-order valence-corrected chi connectivity index (χ3v) is 2.20. The van der Waals surface area contributed by atoms with Crippen molar-refractivity contribution in [3.8, 4) is 6.07 Å². The summed E-state index contributed by atoms with van der Waals surface area (Å²) < 4.78 is 13.4. The quantitative estimate of drug-likeness (QED) is 0.839. The van der Waals surface area contributed by atoms with Crippen LogP contribution in [0.5, 0.6) is 0 Å². The summed E-state index contributed by atoms with van der Waals surface area (Å²) >= 11 is 0. The normalized spacial score (nSPS) is 11.7. The molecule has 0 aromatic heterocycles. The Morgan fingerprint density at radius 1 is 1.44 bits per heavy atom. The van der Waals surface area contributed by atoms with Crippen LogP contribution in [0.3, 0.4) is 0 Å². The molecular weight excluding hydrogens is 233 g/mol. The van der Waals surface area contributed by atoms with E-state index >= 15 is 0 Å². The van der Waals surface area contributed by atoms with Crippen molar-refractivity contribution in [2.75, 3.05) is 5.32 Å². The molecule has 1 aromatic carbocycles. The monoisotopic (exact) mass is 249 g/mol. The van der Waals surface area contributed by atoms with Crippen LogP contribution in [0.4, 0.5) is 10.1 Å². The van der Waals surface area contributed by atoms with E-state index in [4.69, 9.17) is 5.26 Å². The van der Waals surface area contributed by atoms with Crippen LogP contribution in [0.25, 0.3) is 0 Å². The Bertz CT molecular complexity index is 454. The van der Waals surface area contributed by atoms with Crippen molar-refractivity contribution in [3.63, 3.8) is 0 Å². The zero-order chi connectivity index (χ0) is 13.5. The summed E-state index contributed by atoms with van der Waals surface area (Å²) in [5, 5.41) is 14.3. The van der Waals surface area contributed by atoms with Crippen LogP contribution in [0.1, 0.15) is 20.3 Å². The first-order chi connectivity index (χ1) is 8.52. The van der Waals surface area contributed by atoms with Gasteiger partial charge in [-0.05, 0) is 26.0 Å². The van der Waals surface area contributed by atoms with Gasteiger partial charge in [-0.3, -0.25) is 4.79 Å². The van der Waals surface area contributed by atoms with Gasteiger partial charge in [0.15, 0.2) is 0 Å². The van der Waals surface area contributed by atoms with Gasteiger partial charge in [0.1, 0.15) is 11.9 Å². The fourth-order valence-electron chi connectivity index (χ4n) is 1.46. The number of nitriles is 1. The lowest BCUT2D eigenvalue weighted by Crippen LogP contribution is -2.34. The third kappa shape index (κ3) is 4.42. The number of anilines is 1. The molecule has 2 N–H and O–H groups in total. The molecule has 0 heterocycles. The highest BCUT2D eigenvalue weighted by Gasteiger charge is 2.14. The van der Waals surface area contributed by atoms with E-state index in [9.17, 15) is 9.18 Å². The molecule has 0 fully saturated rings. The second kappa shape index (κ2) is 6.60. The first kappa shape index (κ1) is 14.0. The molecule has 1 unspecified atom stereocenters. The van der Waals surface area contributed by atoms with Gasteiger partial charge in [-0.25, -0.2) is 4.39 Å². The molecule has 0 saturated carbocycles. The predicted molar refractivity (Wildman–Crippen MR) is 67.3 cm³/mol. The zero-order valence-electron chi connectivity index (χ0n) is 10.4. The van der Waals surface area contributed by atoms with E-state index in [1.807, 2.05) is 19.9 Å². The molecule has 0 aliphatic rings. The molecule has 1 amide bonds. The lowest BCUT2D eigenvalue weighted by atomic mass is 10.2. The fourth-order valence-corrected chi connectivity index (χ4v) is 1.46. The Kier molecular flexibility index (Phi) is 5.12. The van der Waals surface area contributed by atoms with E-state index in [0.29, 0.717) is 0 Å². The molecule has 18 heavy (non-hydrogen) atoms. The number of carbonyl (C=O) groups excluding carboxylic acids is 1. The highest BCUT2D eigenvalue weighted by atomic mass is 19.1. The minimum atomic E-state index is -0.749. The van der Waals surface area contributed by atoms with Crippen LogP contribution < -0.4 is 10.6 Å². The Morgan fingerprint density at radius 3 is 2.67 bits per heavy atom. The smallest absolute Gasteiger partial charge is 0.223 e. The second-order valence-electron chi connectivity index (χ2n) is 4.23. The van der Waals surface area contributed by atoms with Crippen molar-refractivity contribution in [2.45, 2.75) is 32.4 Å². The van der Waals surface area contributed by atoms with E-state index in [1.54, 1.807) is 12.1 Å². The molecule has 4 nitrogen and oxygen atoms in total. The molecule has 1 atom stereocenters. The number of amides is 1. The number of halogens is 1. The third-order valence-electron chi connectivity index (χ3n) is 2.20. The number of rotatable bonds is 5. The number of hydrogen-bond donors (Lipinski definition) is 2. The summed E-state index contributed by atoms with van der Waals surface area (Å²) in [4.78, 5) is 11.5. The van der Waals surface area contributed by atoms with E-state index in [-0.39, 0.29) is 24.1 Å². The van der Waals surface area contributed by atoms with Crippen LogP contribution in [0.15, 0.2) is 24.3 Å². The number of hydrogen-bond acceptors (Lipinski definition) is 3. The summed E-state index contributed by atoms with van der Waals surface area (Å²) in [7, 11) is 0. The minimum absolute atomic E-state index is 0.0109. The van der Waals surface area contributed by atoms with Gasteiger partial charge < -0.3 is 10.6 Å². The molecule has 5 heteroatoms. The number of benzene rings is 1. The largest absolute Gasteiger partial charge is 0.367 e. The van der Waals surface area contributed by atoms with Crippen LogP contribution in [0.2, 0.25) is 0 Å². The molecule has 96 valence electrons. The van der Waals surface area contributed by atoms with Gasteiger partial charge in [0.2, 0.25) is 5.91 Å². The van der Waals surface area contributed by atoms with Crippen molar-refractivity contribution in [2.24, 2.45) is 0 Å². The summed E-state index contributed by atoms with van der Waals surface area (Å²) in [5.41, 5.74) is 0.224. The maximum atomic E-state index is 13.4. The SMILES string of the molecule is CC(C)NC(=O)CC(C#N)Nc1ccccc1F. The van der Waals surface area contributed by atoms with Crippen molar-refractivity contribution >= 4 is 11.6 Å². The van der Waals surface area contributed by atoms with E-state index in [2.05, 4.69) is 10.6 Å². The number of nitrogens with zero attached hydrogens (tertiary/aromatic N) is 1. The van der Waals surface area contributed by atoms with Gasteiger partial charge in [0.05, 0.1) is 18.2 Å². The lowest BCUT2D eigenvalue weighted by Gasteiger charge is -2.14. The number of para-hydroxylation sites is 1. The molecule has 0 aliphatic carbocycles.